The van der Waals surface area contributed by atoms with Crippen LogP contribution in [-0.4, -0.2) is 45.6 Å². The Morgan fingerprint density at radius 3 is 2.39 bits per heavy atom. The number of esters is 1. The zero-order chi connectivity index (χ0) is 27.6. The molecule has 2 aromatic carbocycles. The van der Waals surface area contributed by atoms with Crippen LogP contribution in [0.4, 0.5) is 0 Å². The van der Waals surface area contributed by atoms with E-state index in [0.717, 1.165) is 0 Å². The van der Waals surface area contributed by atoms with Gasteiger partial charge in [0.25, 0.3) is 5.56 Å². The van der Waals surface area contributed by atoms with Crippen molar-refractivity contribution in [3.05, 3.63) is 76.9 Å². The molecule has 200 valence electrons. The van der Waals surface area contributed by atoms with Crippen LogP contribution in [-0.2, 0) is 9.53 Å². The summed E-state index contributed by atoms with van der Waals surface area (Å²) in [7, 11) is 6.19. The van der Waals surface area contributed by atoms with Gasteiger partial charge in [0.05, 0.1) is 55.3 Å². The van der Waals surface area contributed by atoms with Gasteiger partial charge in [0.15, 0.2) is 4.80 Å². The molecular formula is C27H27BrN2O7S. The first-order valence-corrected chi connectivity index (χ1v) is 13.2. The predicted octanol–water partition coefficient (Wildman–Crippen LogP) is 3.60. The topological polar surface area (TPSA) is 97.6 Å². The summed E-state index contributed by atoms with van der Waals surface area (Å²) in [6.45, 7) is 3.64. The van der Waals surface area contributed by atoms with Gasteiger partial charge in [-0.1, -0.05) is 11.3 Å². The Morgan fingerprint density at radius 2 is 1.76 bits per heavy atom. The minimum Gasteiger partial charge on any atom is -0.497 e. The van der Waals surface area contributed by atoms with Crippen LogP contribution in [0, 0.1) is 0 Å². The van der Waals surface area contributed by atoms with Gasteiger partial charge < -0.3 is 23.7 Å². The van der Waals surface area contributed by atoms with Gasteiger partial charge in [-0.3, -0.25) is 9.36 Å². The minimum absolute atomic E-state index is 0.179. The van der Waals surface area contributed by atoms with E-state index in [1.807, 2.05) is 6.07 Å². The zero-order valence-electron chi connectivity index (χ0n) is 21.8. The number of carbonyl (C=O) groups excluding carboxylic acids is 1. The van der Waals surface area contributed by atoms with E-state index in [1.165, 1.54) is 23.0 Å². The fraction of sp³-hybridized carbons (Fsp3) is 0.296. The molecule has 11 heteroatoms. The molecule has 0 amide bonds. The fourth-order valence-corrected chi connectivity index (χ4v) is 5.83. The van der Waals surface area contributed by atoms with Crippen molar-refractivity contribution in [3.8, 4) is 23.0 Å². The maximum Gasteiger partial charge on any atom is 0.338 e. The molecule has 2 heterocycles. The van der Waals surface area contributed by atoms with Crippen molar-refractivity contribution in [2.75, 3.05) is 35.0 Å². The molecule has 1 unspecified atom stereocenters. The van der Waals surface area contributed by atoms with Gasteiger partial charge in [-0.05, 0) is 54.1 Å². The first-order chi connectivity index (χ1) is 18.3. The minimum atomic E-state index is -0.821. The second-order valence-electron chi connectivity index (χ2n) is 8.14. The number of carbonyl (C=O) groups is 1. The molecule has 0 spiro atoms. The molecule has 0 N–H and O–H groups in total. The molecule has 0 aliphatic carbocycles. The number of fused-ring (bicyclic) bond motifs is 1. The van der Waals surface area contributed by atoms with E-state index >= 15 is 0 Å². The smallest absolute Gasteiger partial charge is 0.338 e. The lowest BCUT2D eigenvalue weighted by atomic mass is 9.95. The lowest BCUT2D eigenvalue weighted by Gasteiger charge is -2.26. The average molecular weight is 603 g/mol. The quantitative estimate of drug-likeness (QED) is 0.363. The van der Waals surface area contributed by atoms with Crippen molar-refractivity contribution in [1.82, 2.24) is 4.57 Å². The molecule has 1 aliphatic rings. The molecule has 1 atom stereocenters. The van der Waals surface area contributed by atoms with E-state index in [0.29, 0.717) is 53.6 Å². The van der Waals surface area contributed by atoms with Crippen LogP contribution < -0.4 is 33.8 Å². The lowest BCUT2D eigenvalue weighted by Crippen LogP contribution is -2.40. The summed E-state index contributed by atoms with van der Waals surface area (Å²) in [6, 6.07) is 7.98. The summed E-state index contributed by atoms with van der Waals surface area (Å²) >= 11 is 4.71. The Morgan fingerprint density at radius 1 is 1.05 bits per heavy atom. The molecule has 0 saturated carbocycles. The number of rotatable bonds is 8. The Labute approximate surface area is 231 Å². The van der Waals surface area contributed by atoms with Gasteiger partial charge in [0.1, 0.15) is 29.0 Å². The molecule has 0 radical (unpaired) electrons. The van der Waals surface area contributed by atoms with E-state index in [2.05, 4.69) is 20.9 Å². The lowest BCUT2D eigenvalue weighted by molar-refractivity contribution is -0.139. The number of hydrogen-bond acceptors (Lipinski definition) is 9. The molecule has 4 rings (SSSR count). The number of ether oxygens (including phenoxy) is 5. The van der Waals surface area contributed by atoms with Crippen LogP contribution in [0.2, 0.25) is 0 Å². The summed E-state index contributed by atoms with van der Waals surface area (Å²) in [5.74, 6) is 1.62. The number of aromatic nitrogens is 1. The first kappa shape index (κ1) is 27.5. The third-order valence-corrected chi connectivity index (χ3v) is 7.65. The molecule has 0 fully saturated rings. The molecule has 38 heavy (non-hydrogen) atoms. The Hall–Kier alpha value is -3.57. The summed E-state index contributed by atoms with van der Waals surface area (Å²) in [5.41, 5.74) is 1.68. The van der Waals surface area contributed by atoms with E-state index in [4.69, 9.17) is 23.7 Å². The highest BCUT2D eigenvalue weighted by atomic mass is 79.9. The van der Waals surface area contributed by atoms with Crippen LogP contribution in [0.3, 0.4) is 0 Å². The van der Waals surface area contributed by atoms with Gasteiger partial charge in [-0.25, -0.2) is 9.79 Å². The number of hydrogen-bond donors (Lipinski definition) is 0. The molecule has 3 aromatic rings. The standard InChI is InChI=1S/C27H27BrN2O7S/c1-7-37-26(32)23-14(2)29-27-30(24(23)17-9-8-16(33-3)12-20(17)35-5)25(31)22(38-27)11-15-10-18(28)21(36-6)13-19(15)34-4/h8-13,24H,7H2,1-6H3. The monoisotopic (exact) mass is 602 g/mol. The van der Waals surface area contributed by atoms with Gasteiger partial charge in [0, 0.05) is 23.3 Å². The molecular weight excluding hydrogens is 576 g/mol. The van der Waals surface area contributed by atoms with Crippen molar-refractivity contribution >= 4 is 39.3 Å². The third-order valence-electron chi connectivity index (χ3n) is 6.04. The summed E-state index contributed by atoms with van der Waals surface area (Å²) in [5, 5.41) is 0. The van der Waals surface area contributed by atoms with Crippen molar-refractivity contribution in [1.29, 1.82) is 0 Å². The Bertz CT molecular complexity index is 1610. The van der Waals surface area contributed by atoms with Gasteiger partial charge >= 0.3 is 5.97 Å². The van der Waals surface area contributed by atoms with E-state index in [9.17, 15) is 9.59 Å². The second kappa shape index (κ2) is 11.4. The zero-order valence-corrected chi connectivity index (χ0v) is 24.2. The van der Waals surface area contributed by atoms with Crippen LogP contribution in [0.5, 0.6) is 23.0 Å². The number of nitrogens with zero attached hydrogens (tertiary/aromatic N) is 2. The van der Waals surface area contributed by atoms with Crippen molar-refractivity contribution in [3.63, 3.8) is 0 Å². The highest BCUT2D eigenvalue weighted by molar-refractivity contribution is 9.10. The second-order valence-corrected chi connectivity index (χ2v) is 10.0. The van der Waals surface area contributed by atoms with Gasteiger partial charge in [-0.2, -0.15) is 0 Å². The predicted molar refractivity (Wildman–Crippen MR) is 147 cm³/mol. The summed E-state index contributed by atoms with van der Waals surface area (Å²) < 4.78 is 29.9. The number of benzene rings is 2. The maximum atomic E-state index is 13.9. The molecule has 0 bridgehead atoms. The normalized spacial score (nSPS) is 15.0. The van der Waals surface area contributed by atoms with Crippen molar-refractivity contribution < 1.29 is 28.5 Å². The fourth-order valence-electron chi connectivity index (χ4n) is 4.27. The highest BCUT2D eigenvalue weighted by Gasteiger charge is 2.35. The third kappa shape index (κ3) is 4.95. The Kier molecular flexibility index (Phi) is 8.27. The van der Waals surface area contributed by atoms with Crippen LogP contribution in [0.25, 0.3) is 6.08 Å². The van der Waals surface area contributed by atoms with E-state index < -0.39 is 12.0 Å². The Balaban J connectivity index is 2.00. The summed E-state index contributed by atoms with van der Waals surface area (Å²) in [6.07, 6.45) is 1.73. The molecule has 9 nitrogen and oxygen atoms in total. The molecule has 1 aliphatic heterocycles. The van der Waals surface area contributed by atoms with Crippen LogP contribution in [0.15, 0.2) is 55.9 Å². The molecule has 1 aromatic heterocycles. The van der Waals surface area contributed by atoms with Crippen LogP contribution >= 0.6 is 27.3 Å². The maximum absolute atomic E-state index is 13.9. The van der Waals surface area contributed by atoms with E-state index in [-0.39, 0.29) is 17.7 Å². The van der Waals surface area contributed by atoms with Crippen LogP contribution in [0.1, 0.15) is 31.0 Å². The SMILES string of the molecule is CCOC(=O)C1=C(C)N=c2sc(=Cc3cc(Br)c(OC)cc3OC)c(=O)n2C1c1ccc(OC)cc1OC. The summed E-state index contributed by atoms with van der Waals surface area (Å²) in [4.78, 5) is 32.2. The molecule has 0 saturated heterocycles. The van der Waals surface area contributed by atoms with Gasteiger partial charge in [-0.15, -0.1) is 0 Å². The first-order valence-electron chi connectivity index (χ1n) is 11.6. The van der Waals surface area contributed by atoms with Crippen molar-refractivity contribution in [2.45, 2.75) is 19.9 Å². The number of halogens is 1. The number of methoxy groups -OCH3 is 4. The largest absolute Gasteiger partial charge is 0.497 e. The highest BCUT2D eigenvalue weighted by Crippen LogP contribution is 2.38. The van der Waals surface area contributed by atoms with Crippen molar-refractivity contribution in [2.24, 2.45) is 4.99 Å². The van der Waals surface area contributed by atoms with Gasteiger partial charge in [0.2, 0.25) is 0 Å². The number of allylic oxidation sites excluding steroid dienone is 1. The number of thiazole rings is 1. The average Bonchev–Trinajstić information content (AvgIpc) is 3.21. The van der Waals surface area contributed by atoms with E-state index in [1.54, 1.807) is 65.5 Å².